The largest absolute Gasteiger partial charge is 0.324 e. The van der Waals surface area contributed by atoms with Gasteiger partial charge in [0.15, 0.2) is 0 Å². The number of anilines is 1. The number of nitrogens with one attached hydrogen (secondary N) is 1. The first-order chi connectivity index (χ1) is 13.9. The van der Waals surface area contributed by atoms with E-state index in [1.165, 1.54) is 15.1 Å². The maximum absolute atomic E-state index is 12.9. The Labute approximate surface area is 169 Å². The highest BCUT2D eigenvalue weighted by atomic mass is 32.2. The molecule has 1 N–H and O–H groups in total. The Hall–Kier alpha value is -2.78. The van der Waals surface area contributed by atoms with Crippen molar-refractivity contribution in [2.75, 3.05) is 18.4 Å². The summed E-state index contributed by atoms with van der Waals surface area (Å²) in [4.78, 5) is 12.8. The normalized spacial score (nSPS) is 15.5. The summed E-state index contributed by atoms with van der Waals surface area (Å²) in [5, 5.41) is 10.9. The average Bonchev–Trinajstić information content (AvgIpc) is 3.13. The van der Waals surface area contributed by atoms with Gasteiger partial charge in [-0.15, -0.1) is 5.10 Å². The molecule has 1 aromatic heterocycles. The molecule has 1 aliphatic heterocycles. The molecule has 1 aliphatic rings. The third-order valence-corrected chi connectivity index (χ3v) is 7.04. The monoisotopic (exact) mass is 413 g/mol. The van der Waals surface area contributed by atoms with Crippen molar-refractivity contribution in [3.63, 3.8) is 0 Å². The van der Waals surface area contributed by atoms with Crippen LogP contribution < -0.4 is 5.32 Å². The van der Waals surface area contributed by atoms with Crippen LogP contribution in [0.4, 0.5) is 5.69 Å². The van der Waals surface area contributed by atoms with Crippen LogP contribution in [0.1, 0.15) is 24.8 Å². The lowest BCUT2D eigenvalue weighted by Gasteiger charge is -2.26. The molecule has 4 rings (SSSR count). The summed E-state index contributed by atoms with van der Waals surface area (Å²) in [7, 11) is -3.56. The van der Waals surface area contributed by atoms with E-state index in [0.717, 1.165) is 30.3 Å². The molecule has 1 saturated heterocycles. The zero-order valence-electron chi connectivity index (χ0n) is 16.2. The Balaban J connectivity index is 1.54. The Morgan fingerprint density at radius 3 is 2.66 bits per heavy atom. The van der Waals surface area contributed by atoms with Crippen LogP contribution in [-0.4, -0.2) is 46.7 Å². The number of rotatable bonds is 5. The molecule has 1 fully saturated rings. The van der Waals surface area contributed by atoms with Crippen LogP contribution in [0.2, 0.25) is 0 Å². The van der Waals surface area contributed by atoms with Gasteiger partial charge in [-0.05, 0) is 49.6 Å². The number of piperidine rings is 1. The Kier molecular flexibility index (Phi) is 5.33. The lowest BCUT2D eigenvalue weighted by Crippen LogP contribution is -2.35. The number of nitrogens with zero attached hydrogens (tertiary/aromatic N) is 4. The van der Waals surface area contributed by atoms with Gasteiger partial charge in [-0.25, -0.2) is 13.1 Å². The van der Waals surface area contributed by atoms with Gasteiger partial charge in [0.25, 0.3) is 0 Å². The first kappa shape index (κ1) is 19.5. The molecular weight excluding hydrogens is 390 g/mol. The lowest BCUT2D eigenvalue weighted by molar-refractivity contribution is -0.116. The van der Waals surface area contributed by atoms with Gasteiger partial charge >= 0.3 is 0 Å². The van der Waals surface area contributed by atoms with Crippen LogP contribution >= 0.6 is 0 Å². The first-order valence-electron chi connectivity index (χ1n) is 9.64. The fraction of sp³-hybridized carbons (Fsp3) is 0.350. The molecule has 3 aromatic rings. The van der Waals surface area contributed by atoms with Crippen molar-refractivity contribution in [2.24, 2.45) is 0 Å². The van der Waals surface area contributed by atoms with E-state index in [2.05, 4.69) is 15.6 Å². The fourth-order valence-corrected chi connectivity index (χ4v) is 5.05. The van der Waals surface area contributed by atoms with Crippen molar-refractivity contribution >= 4 is 32.7 Å². The molecule has 9 heteroatoms. The van der Waals surface area contributed by atoms with Gasteiger partial charge in [0.05, 0.1) is 10.4 Å². The van der Waals surface area contributed by atoms with Gasteiger partial charge in [-0.2, -0.15) is 4.31 Å². The van der Waals surface area contributed by atoms with E-state index in [1.807, 2.05) is 31.2 Å². The molecule has 0 unspecified atom stereocenters. The van der Waals surface area contributed by atoms with E-state index >= 15 is 0 Å². The Bertz CT molecular complexity index is 1150. The van der Waals surface area contributed by atoms with Crippen LogP contribution in [0.5, 0.6) is 0 Å². The van der Waals surface area contributed by atoms with Gasteiger partial charge in [0.2, 0.25) is 15.9 Å². The van der Waals surface area contributed by atoms with Crippen LogP contribution in [0.25, 0.3) is 11.0 Å². The second-order valence-electron chi connectivity index (χ2n) is 7.23. The molecule has 0 bridgehead atoms. The highest BCUT2D eigenvalue weighted by molar-refractivity contribution is 7.89. The number of hydrogen-bond acceptors (Lipinski definition) is 5. The number of sulfonamides is 1. The lowest BCUT2D eigenvalue weighted by atomic mass is 10.2. The first-order valence-corrected chi connectivity index (χ1v) is 11.1. The number of carbonyl (C=O) groups excluding carboxylic acids is 1. The molecule has 2 aromatic carbocycles. The summed E-state index contributed by atoms with van der Waals surface area (Å²) in [6, 6.07) is 12.3. The van der Waals surface area contributed by atoms with E-state index < -0.39 is 10.0 Å². The summed E-state index contributed by atoms with van der Waals surface area (Å²) >= 11 is 0. The smallest absolute Gasteiger partial charge is 0.246 e. The molecule has 0 atom stereocenters. The van der Waals surface area contributed by atoms with E-state index in [-0.39, 0.29) is 17.3 Å². The minimum Gasteiger partial charge on any atom is -0.324 e. The standard InChI is InChI=1S/C20H23N5O3S/c1-15-9-10-16(29(27,28)24-11-5-2-6-12-24)13-18(15)21-20(26)14-25-19-8-4-3-7-17(19)22-23-25/h3-4,7-10,13H,2,5-6,11-12,14H2,1H3,(H,21,26). The molecule has 0 spiro atoms. The van der Waals surface area contributed by atoms with Crippen LogP contribution in [0.15, 0.2) is 47.4 Å². The summed E-state index contributed by atoms with van der Waals surface area (Å²) in [6.07, 6.45) is 2.80. The molecule has 152 valence electrons. The van der Waals surface area contributed by atoms with Gasteiger partial charge in [-0.1, -0.05) is 29.8 Å². The Morgan fingerprint density at radius 2 is 1.86 bits per heavy atom. The van der Waals surface area contributed by atoms with Crippen molar-refractivity contribution < 1.29 is 13.2 Å². The van der Waals surface area contributed by atoms with Crippen molar-refractivity contribution in [3.8, 4) is 0 Å². The van der Waals surface area contributed by atoms with E-state index in [1.54, 1.807) is 12.1 Å². The van der Waals surface area contributed by atoms with Gasteiger partial charge in [0, 0.05) is 18.8 Å². The highest BCUT2D eigenvalue weighted by Crippen LogP contribution is 2.25. The average molecular weight is 414 g/mol. The number of carbonyl (C=O) groups is 1. The van der Waals surface area contributed by atoms with Crippen LogP contribution in [-0.2, 0) is 21.4 Å². The molecular formula is C20H23N5O3S. The second-order valence-corrected chi connectivity index (χ2v) is 9.16. The second kappa shape index (κ2) is 7.92. The van der Waals surface area contributed by atoms with Gasteiger partial charge < -0.3 is 5.32 Å². The molecule has 8 nitrogen and oxygen atoms in total. The van der Waals surface area contributed by atoms with Crippen molar-refractivity contribution in [2.45, 2.75) is 37.6 Å². The number of benzene rings is 2. The number of para-hydroxylation sites is 1. The number of fused-ring (bicyclic) bond motifs is 1. The van der Waals surface area contributed by atoms with Gasteiger partial charge in [-0.3, -0.25) is 4.79 Å². The quantitative estimate of drug-likeness (QED) is 0.693. The molecule has 0 radical (unpaired) electrons. The maximum atomic E-state index is 12.9. The number of amides is 1. The topological polar surface area (TPSA) is 97.2 Å². The van der Waals surface area contributed by atoms with E-state index in [4.69, 9.17) is 0 Å². The zero-order chi connectivity index (χ0) is 20.4. The van der Waals surface area contributed by atoms with Crippen molar-refractivity contribution in [1.29, 1.82) is 0 Å². The molecule has 0 aliphatic carbocycles. The SMILES string of the molecule is Cc1ccc(S(=O)(=O)N2CCCCC2)cc1NC(=O)Cn1nnc2ccccc21. The molecule has 2 heterocycles. The summed E-state index contributed by atoms with van der Waals surface area (Å²) < 4.78 is 28.9. The van der Waals surface area contributed by atoms with Crippen LogP contribution in [0.3, 0.4) is 0 Å². The van der Waals surface area contributed by atoms with E-state index in [0.29, 0.717) is 24.3 Å². The molecule has 1 amide bonds. The Morgan fingerprint density at radius 1 is 1.10 bits per heavy atom. The number of aromatic nitrogens is 3. The minimum absolute atomic E-state index is 0.0109. The van der Waals surface area contributed by atoms with Crippen molar-refractivity contribution in [1.82, 2.24) is 19.3 Å². The number of hydrogen-bond donors (Lipinski definition) is 1. The minimum atomic E-state index is -3.56. The predicted molar refractivity (Wildman–Crippen MR) is 110 cm³/mol. The van der Waals surface area contributed by atoms with Gasteiger partial charge in [0.1, 0.15) is 12.1 Å². The van der Waals surface area contributed by atoms with Crippen molar-refractivity contribution in [3.05, 3.63) is 48.0 Å². The van der Waals surface area contributed by atoms with Crippen LogP contribution in [0, 0.1) is 6.92 Å². The maximum Gasteiger partial charge on any atom is 0.246 e. The summed E-state index contributed by atoms with van der Waals surface area (Å²) in [5.74, 6) is -0.295. The molecule has 0 saturated carbocycles. The third kappa shape index (κ3) is 4.01. The third-order valence-electron chi connectivity index (χ3n) is 5.15. The predicted octanol–water partition coefficient (Wildman–Crippen LogP) is 2.55. The fourth-order valence-electron chi connectivity index (χ4n) is 3.51. The summed E-state index contributed by atoms with van der Waals surface area (Å²) in [5.41, 5.74) is 2.75. The molecule has 29 heavy (non-hydrogen) atoms. The highest BCUT2D eigenvalue weighted by Gasteiger charge is 2.26. The van der Waals surface area contributed by atoms with E-state index in [9.17, 15) is 13.2 Å². The number of aryl methyl sites for hydroxylation is 1. The summed E-state index contributed by atoms with van der Waals surface area (Å²) in [6.45, 7) is 2.90. The zero-order valence-corrected chi connectivity index (χ0v) is 17.0.